The van der Waals surface area contributed by atoms with Crippen molar-refractivity contribution in [2.45, 2.75) is 12.7 Å². The van der Waals surface area contributed by atoms with Crippen molar-refractivity contribution in [1.29, 1.82) is 0 Å². The highest BCUT2D eigenvalue weighted by molar-refractivity contribution is 5.95. The van der Waals surface area contributed by atoms with Crippen molar-refractivity contribution in [2.75, 3.05) is 31.6 Å². The number of alkyl halides is 3. The maximum atomic E-state index is 12.6. The highest BCUT2D eigenvalue weighted by atomic mass is 19.4. The van der Waals surface area contributed by atoms with Crippen molar-refractivity contribution in [3.8, 4) is 5.75 Å². The van der Waals surface area contributed by atoms with Gasteiger partial charge in [-0.1, -0.05) is 12.1 Å². The standard InChI is InChI=1S/C19H19F3N2O2/c1-26-17-8-6-16(7-9-17)24-11-10-23(13-18(24)25)12-14-2-4-15(5-3-14)19(20,21)22/h2-9H,10-13H2,1H3. The first-order valence-corrected chi connectivity index (χ1v) is 8.20. The van der Waals surface area contributed by atoms with Gasteiger partial charge in [0.25, 0.3) is 0 Å². The van der Waals surface area contributed by atoms with E-state index in [-0.39, 0.29) is 12.5 Å². The molecule has 138 valence electrons. The van der Waals surface area contributed by atoms with Gasteiger partial charge in [-0.3, -0.25) is 9.69 Å². The van der Waals surface area contributed by atoms with Crippen molar-refractivity contribution < 1.29 is 22.7 Å². The average Bonchev–Trinajstić information content (AvgIpc) is 2.62. The van der Waals surface area contributed by atoms with Crippen LogP contribution in [0, 0.1) is 0 Å². The molecule has 1 amide bonds. The second-order valence-corrected chi connectivity index (χ2v) is 6.15. The third-order valence-electron chi connectivity index (χ3n) is 4.37. The molecule has 0 atom stereocenters. The minimum Gasteiger partial charge on any atom is -0.497 e. The summed E-state index contributed by atoms with van der Waals surface area (Å²) in [6.07, 6.45) is -4.33. The summed E-state index contributed by atoms with van der Waals surface area (Å²) in [6.45, 7) is 1.86. The molecule has 0 aliphatic carbocycles. The van der Waals surface area contributed by atoms with E-state index in [0.717, 1.165) is 29.1 Å². The van der Waals surface area contributed by atoms with Crippen molar-refractivity contribution in [3.05, 3.63) is 59.7 Å². The molecule has 3 rings (SSSR count). The topological polar surface area (TPSA) is 32.8 Å². The number of carbonyl (C=O) groups excluding carboxylic acids is 1. The minimum absolute atomic E-state index is 0.0340. The summed E-state index contributed by atoms with van der Waals surface area (Å²) < 4.78 is 43.0. The van der Waals surface area contributed by atoms with E-state index in [0.29, 0.717) is 19.6 Å². The van der Waals surface area contributed by atoms with Crippen molar-refractivity contribution in [2.24, 2.45) is 0 Å². The van der Waals surface area contributed by atoms with E-state index in [2.05, 4.69) is 0 Å². The van der Waals surface area contributed by atoms with Crippen LogP contribution in [-0.2, 0) is 17.5 Å². The van der Waals surface area contributed by atoms with Crippen LogP contribution in [0.5, 0.6) is 5.75 Å². The van der Waals surface area contributed by atoms with Crippen LogP contribution in [0.4, 0.5) is 18.9 Å². The molecular weight excluding hydrogens is 345 g/mol. The summed E-state index contributed by atoms with van der Waals surface area (Å²) in [7, 11) is 1.58. The molecule has 0 N–H and O–H groups in total. The largest absolute Gasteiger partial charge is 0.497 e. The number of methoxy groups -OCH3 is 1. The van der Waals surface area contributed by atoms with Gasteiger partial charge in [0.1, 0.15) is 5.75 Å². The lowest BCUT2D eigenvalue weighted by atomic mass is 10.1. The lowest BCUT2D eigenvalue weighted by molar-refractivity contribution is -0.137. The molecule has 1 saturated heterocycles. The Labute approximate surface area is 149 Å². The number of amides is 1. The van der Waals surface area contributed by atoms with E-state index in [1.165, 1.54) is 12.1 Å². The normalized spacial score (nSPS) is 16.0. The molecule has 0 unspecified atom stereocenters. The highest BCUT2D eigenvalue weighted by Gasteiger charge is 2.30. The van der Waals surface area contributed by atoms with E-state index in [9.17, 15) is 18.0 Å². The first-order chi connectivity index (χ1) is 12.4. The number of rotatable bonds is 4. The van der Waals surface area contributed by atoms with Crippen LogP contribution in [0.2, 0.25) is 0 Å². The summed E-state index contributed by atoms with van der Waals surface area (Å²) in [5.74, 6) is 0.690. The zero-order valence-corrected chi connectivity index (χ0v) is 14.3. The molecule has 1 heterocycles. The first-order valence-electron chi connectivity index (χ1n) is 8.20. The molecule has 4 nitrogen and oxygen atoms in total. The summed E-state index contributed by atoms with van der Waals surface area (Å²) >= 11 is 0. The quantitative estimate of drug-likeness (QED) is 0.832. The predicted molar refractivity (Wildman–Crippen MR) is 92.1 cm³/mol. The molecule has 0 bridgehead atoms. The van der Waals surface area contributed by atoms with E-state index < -0.39 is 11.7 Å². The smallest absolute Gasteiger partial charge is 0.416 e. The van der Waals surface area contributed by atoms with E-state index >= 15 is 0 Å². The van der Waals surface area contributed by atoms with E-state index in [1.807, 2.05) is 17.0 Å². The first kappa shape index (κ1) is 18.3. The number of anilines is 1. The molecule has 1 aliphatic rings. The van der Waals surface area contributed by atoms with Crippen LogP contribution in [0.15, 0.2) is 48.5 Å². The fraction of sp³-hybridized carbons (Fsp3) is 0.316. The summed E-state index contributed by atoms with van der Waals surface area (Å²) in [5, 5.41) is 0. The molecule has 0 aromatic heterocycles. The lowest BCUT2D eigenvalue weighted by Crippen LogP contribution is -2.50. The van der Waals surface area contributed by atoms with Gasteiger partial charge < -0.3 is 9.64 Å². The molecule has 1 fully saturated rings. The van der Waals surface area contributed by atoms with Crippen LogP contribution < -0.4 is 9.64 Å². The second-order valence-electron chi connectivity index (χ2n) is 6.15. The number of ether oxygens (including phenoxy) is 1. The van der Waals surface area contributed by atoms with E-state index in [1.54, 1.807) is 24.1 Å². The van der Waals surface area contributed by atoms with Crippen molar-refractivity contribution in [1.82, 2.24) is 4.90 Å². The summed E-state index contributed by atoms with van der Waals surface area (Å²) in [4.78, 5) is 16.1. The number of carbonyl (C=O) groups is 1. The van der Waals surface area contributed by atoms with Gasteiger partial charge in [0.2, 0.25) is 5.91 Å². The number of hydrogen-bond acceptors (Lipinski definition) is 3. The zero-order valence-electron chi connectivity index (χ0n) is 14.3. The Morgan fingerprint density at radius 3 is 2.19 bits per heavy atom. The van der Waals surface area contributed by atoms with Crippen LogP contribution in [0.3, 0.4) is 0 Å². The van der Waals surface area contributed by atoms with Crippen molar-refractivity contribution in [3.63, 3.8) is 0 Å². The monoisotopic (exact) mass is 364 g/mol. The number of halogens is 3. The van der Waals surface area contributed by atoms with Gasteiger partial charge in [-0.2, -0.15) is 13.2 Å². The molecule has 2 aromatic rings. The fourth-order valence-corrected chi connectivity index (χ4v) is 2.95. The van der Waals surface area contributed by atoms with Crippen LogP contribution in [0.25, 0.3) is 0 Å². The Morgan fingerprint density at radius 2 is 1.65 bits per heavy atom. The van der Waals surface area contributed by atoms with Gasteiger partial charge in [0.05, 0.1) is 19.2 Å². The van der Waals surface area contributed by atoms with Crippen LogP contribution >= 0.6 is 0 Å². The van der Waals surface area contributed by atoms with E-state index in [4.69, 9.17) is 4.74 Å². The Balaban J connectivity index is 1.60. The highest BCUT2D eigenvalue weighted by Crippen LogP contribution is 2.29. The second kappa shape index (κ2) is 7.37. The zero-order chi connectivity index (χ0) is 18.7. The number of hydrogen-bond donors (Lipinski definition) is 0. The van der Waals surface area contributed by atoms with Gasteiger partial charge in [0.15, 0.2) is 0 Å². The third kappa shape index (κ3) is 4.16. The third-order valence-corrected chi connectivity index (χ3v) is 4.37. The Morgan fingerprint density at radius 1 is 1.00 bits per heavy atom. The SMILES string of the molecule is COc1ccc(N2CCN(Cc3ccc(C(F)(F)F)cc3)CC2=O)cc1. The maximum Gasteiger partial charge on any atom is 0.416 e. The molecule has 1 aliphatic heterocycles. The number of benzene rings is 2. The van der Waals surface area contributed by atoms with Gasteiger partial charge in [0, 0.05) is 25.3 Å². The molecule has 0 spiro atoms. The molecule has 0 radical (unpaired) electrons. The summed E-state index contributed by atoms with van der Waals surface area (Å²) in [5.41, 5.74) is 0.898. The predicted octanol–water partition coefficient (Wildman–Crippen LogP) is 3.56. The number of nitrogens with zero attached hydrogens (tertiary/aromatic N) is 2. The van der Waals surface area contributed by atoms with Gasteiger partial charge in [-0.25, -0.2) is 0 Å². The van der Waals surface area contributed by atoms with Gasteiger partial charge in [-0.05, 0) is 42.0 Å². The molecular formula is C19H19F3N2O2. The Bertz CT molecular complexity index is 758. The Kier molecular flexibility index (Phi) is 5.18. The Hall–Kier alpha value is -2.54. The van der Waals surface area contributed by atoms with Crippen LogP contribution in [-0.4, -0.2) is 37.6 Å². The van der Waals surface area contributed by atoms with Gasteiger partial charge in [-0.15, -0.1) is 0 Å². The van der Waals surface area contributed by atoms with Crippen molar-refractivity contribution >= 4 is 11.6 Å². The summed E-state index contributed by atoms with van der Waals surface area (Å²) in [6, 6.07) is 12.3. The number of piperazine rings is 1. The average molecular weight is 364 g/mol. The molecule has 7 heteroatoms. The molecule has 2 aromatic carbocycles. The van der Waals surface area contributed by atoms with Crippen LogP contribution in [0.1, 0.15) is 11.1 Å². The van der Waals surface area contributed by atoms with Gasteiger partial charge >= 0.3 is 6.18 Å². The lowest BCUT2D eigenvalue weighted by Gasteiger charge is -2.34. The molecule has 0 saturated carbocycles. The molecule has 26 heavy (non-hydrogen) atoms. The maximum absolute atomic E-state index is 12.6. The minimum atomic E-state index is -4.33. The fourth-order valence-electron chi connectivity index (χ4n) is 2.95.